The molecular weight excluding hydrogens is 206 g/mol. The number of hydrogen-bond acceptors (Lipinski definition) is 2. The average Bonchev–Trinajstić information content (AvgIpc) is 2.71. The van der Waals surface area contributed by atoms with E-state index in [0.29, 0.717) is 11.3 Å². The molecule has 16 heavy (non-hydrogen) atoms. The summed E-state index contributed by atoms with van der Waals surface area (Å²) in [6, 6.07) is 3.51. The molecule has 0 radical (unpaired) electrons. The summed E-state index contributed by atoms with van der Waals surface area (Å²) in [5, 5.41) is 13.3. The maximum absolute atomic E-state index is 11.0. The normalized spacial score (nSPS) is 10.7. The number of carbonyl (C=O) groups is 1. The Hall–Kier alpha value is -2.04. The molecule has 0 aliphatic carbocycles. The van der Waals surface area contributed by atoms with Crippen molar-refractivity contribution < 1.29 is 9.90 Å². The Morgan fingerprint density at radius 2 is 2.12 bits per heavy atom. The summed E-state index contributed by atoms with van der Waals surface area (Å²) in [5.74, 6) is -0.166. The van der Waals surface area contributed by atoms with E-state index in [1.807, 2.05) is 30.8 Å². The monoisotopic (exact) mass is 219 g/mol. The maximum Gasteiger partial charge on any atom is 0.337 e. The predicted octanol–water partition coefficient (Wildman–Crippen LogP) is 1.53. The molecule has 0 aliphatic heterocycles. The van der Waals surface area contributed by atoms with E-state index in [9.17, 15) is 4.79 Å². The third kappa shape index (κ3) is 1.50. The van der Waals surface area contributed by atoms with Crippen LogP contribution in [-0.4, -0.2) is 25.4 Å². The Kier molecular flexibility index (Phi) is 2.30. The smallest absolute Gasteiger partial charge is 0.337 e. The molecule has 0 unspecified atom stereocenters. The van der Waals surface area contributed by atoms with Crippen LogP contribution in [0.4, 0.5) is 0 Å². The molecule has 2 heterocycles. The van der Waals surface area contributed by atoms with Crippen molar-refractivity contribution in [2.45, 2.75) is 13.8 Å². The van der Waals surface area contributed by atoms with Gasteiger partial charge in [0, 0.05) is 30.7 Å². The molecular formula is C11H13N3O2. The molecule has 2 aromatic rings. The van der Waals surface area contributed by atoms with E-state index in [1.165, 1.54) is 0 Å². The van der Waals surface area contributed by atoms with Gasteiger partial charge in [-0.25, -0.2) is 4.79 Å². The van der Waals surface area contributed by atoms with Crippen LogP contribution in [0.2, 0.25) is 0 Å². The third-order valence-electron chi connectivity index (χ3n) is 2.59. The first-order valence-electron chi connectivity index (χ1n) is 4.93. The van der Waals surface area contributed by atoms with Crippen LogP contribution in [0.25, 0.3) is 5.82 Å². The van der Waals surface area contributed by atoms with Crippen LogP contribution in [0.1, 0.15) is 21.7 Å². The van der Waals surface area contributed by atoms with Crippen molar-refractivity contribution in [1.82, 2.24) is 14.3 Å². The number of aromatic nitrogens is 3. The molecule has 0 amide bonds. The maximum atomic E-state index is 11.0. The molecule has 0 spiro atoms. The first-order chi connectivity index (χ1) is 7.50. The summed E-state index contributed by atoms with van der Waals surface area (Å²) >= 11 is 0. The first kappa shape index (κ1) is 10.5. The third-order valence-corrected chi connectivity index (χ3v) is 2.59. The Morgan fingerprint density at radius 3 is 2.56 bits per heavy atom. The van der Waals surface area contributed by atoms with Crippen molar-refractivity contribution in [2.24, 2.45) is 7.05 Å². The Morgan fingerprint density at radius 1 is 1.44 bits per heavy atom. The van der Waals surface area contributed by atoms with E-state index >= 15 is 0 Å². The molecule has 0 atom stereocenters. The highest BCUT2D eigenvalue weighted by atomic mass is 16.4. The summed E-state index contributed by atoms with van der Waals surface area (Å²) in [6.07, 6.45) is 1.83. The summed E-state index contributed by atoms with van der Waals surface area (Å²) in [5.41, 5.74) is 1.89. The summed E-state index contributed by atoms with van der Waals surface area (Å²) in [7, 11) is 1.83. The summed E-state index contributed by atoms with van der Waals surface area (Å²) in [6.45, 7) is 3.65. The van der Waals surface area contributed by atoms with E-state index in [1.54, 1.807) is 17.7 Å². The molecule has 5 nitrogen and oxygen atoms in total. The lowest BCUT2D eigenvalue weighted by Crippen LogP contribution is -2.03. The van der Waals surface area contributed by atoms with Gasteiger partial charge < -0.3 is 9.67 Å². The average molecular weight is 219 g/mol. The summed E-state index contributed by atoms with van der Waals surface area (Å²) < 4.78 is 3.53. The zero-order chi connectivity index (χ0) is 11.9. The molecule has 1 N–H and O–H groups in total. The zero-order valence-corrected chi connectivity index (χ0v) is 9.43. The van der Waals surface area contributed by atoms with Crippen LogP contribution in [0.15, 0.2) is 18.3 Å². The number of carboxylic acids is 1. The van der Waals surface area contributed by atoms with E-state index in [4.69, 9.17) is 5.11 Å². The van der Waals surface area contributed by atoms with Crippen LogP contribution < -0.4 is 0 Å². The van der Waals surface area contributed by atoms with Crippen molar-refractivity contribution in [3.05, 3.63) is 35.3 Å². The molecule has 84 valence electrons. The Balaban J connectivity index is 2.61. The Labute approximate surface area is 92.9 Å². The second-order valence-electron chi connectivity index (χ2n) is 3.77. The number of rotatable bonds is 2. The van der Waals surface area contributed by atoms with Gasteiger partial charge in [-0.2, -0.15) is 5.10 Å². The number of hydrogen-bond donors (Lipinski definition) is 1. The molecule has 5 heteroatoms. The molecule has 0 bridgehead atoms. The van der Waals surface area contributed by atoms with Crippen LogP contribution in [-0.2, 0) is 7.05 Å². The molecule has 0 aliphatic rings. The van der Waals surface area contributed by atoms with Gasteiger partial charge >= 0.3 is 5.97 Å². The van der Waals surface area contributed by atoms with Crippen LogP contribution in [0.3, 0.4) is 0 Å². The first-order valence-corrected chi connectivity index (χ1v) is 4.93. The zero-order valence-electron chi connectivity index (χ0n) is 9.43. The van der Waals surface area contributed by atoms with Crippen molar-refractivity contribution in [1.29, 1.82) is 0 Å². The van der Waals surface area contributed by atoms with Crippen molar-refractivity contribution in [3.63, 3.8) is 0 Å². The quantitative estimate of drug-likeness (QED) is 0.833. The SMILES string of the molecule is Cc1cc(C(=O)O)c(C)n1-c1ccn(C)n1. The lowest BCUT2D eigenvalue weighted by atomic mass is 10.2. The number of aryl methyl sites for hydroxylation is 2. The van der Waals surface area contributed by atoms with Gasteiger partial charge in [-0.15, -0.1) is 0 Å². The van der Waals surface area contributed by atoms with Gasteiger partial charge in [0.05, 0.1) is 5.56 Å². The van der Waals surface area contributed by atoms with Crippen LogP contribution >= 0.6 is 0 Å². The minimum absolute atomic E-state index is 0.322. The van der Waals surface area contributed by atoms with Crippen LogP contribution in [0, 0.1) is 13.8 Å². The van der Waals surface area contributed by atoms with Crippen molar-refractivity contribution in [3.8, 4) is 5.82 Å². The van der Waals surface area contributed by atoms with Crippen molar-refractivity contribution >= 4 is 5.97 Å². The second-order valence-corrected chi connectivity index (χ2v) is 3.77. The summed E-state index contributed by atoms with van der Waals surface area (Å²) in [4.78, 5) is 11.0. The minimum Gasteiger partial charge on any atom is -0.478 e. The fourth-order valence-corrected chi connectivity index (χ4v) is 1.85. The van der Waals surface area contributed by atoms with Crippen molar-refractivity contribution in [2.75, 3.05) is 0 Å². The van der Waals surface area contributed by atoms with E-state index in [0.717, 1.165) is 11.5 Å². The highest BCUT2D eigenvalue weighted by Gasteiger charge is 2.16. The fourth-order valence-electron chi connectivity index (χ4n) is 1.85. The van der Waals surface area contributed by atoms with Gasteiger partial charge in [-0.3, -0.25) is 4.68 Å². The minimum atomic E-state index is -0.907. The van der Waals surface area contributed by atoms with Gasteiger partial charge in [-0.05, 0) is 19.9 Å². The molecule has 0 fully saturated rings. The molecule has 0 saturated heterocycles. The Bertz CT molecular complexity index is 552. The lowest BCUT2D eigenvalue weighted by Gasteiger charge is -2.04. The van der Waals surface area contributed by atoms with Gasteiger partial charge in [0.15, 0.2) is 5.82 Å². The van der Waals surface area contributed by atoms with E-state index in [-0.39, 0.29) is 0 Å². The van der Waals surface area contributed by atoms with Gasteiger partial charge in [0.1, 0.15) is 0 Å². The van der Waals surface area contributed by atoms with Crippen LogP contribution in [0.5, 0.6) is 0 Å². The van der Waals surface area contributed by atoms with Gasteiger partial charge in [0.25, 0.3) is 0 Å². The number of carboxylic acid groups (broad SMARTS) is 1. The number of aromatic carboxylic acids is 1. The highest BCUT2D eigenvalue weighted by molar-refractivity contribution is 5.89. The largest absolute Gasteiger partial charge is 0.478 e. The molecule has 0 aromatic carbocycles. The van der Waals surface area contributed by atoms with E-state index < -0.39 is 5.97 Å². The standard InChI is InChI=1S/C11H13N3O2/c1-7-6-9(11(15)16)8(2)14(7)10-4-5-13(3)12-10/h4-6H,1-3H3,(H,15,16). The topological polar surface area (TPSA) is 60.0 Å². The van der Waals surface area contributed by atoms with Gasteiger partial charge in [0.2, 0.25) is 0 Å². The molecule has 0 saturated carbocycles. The fraction of sp³-hybridized carbons (Fsp3) is 0.273. The predicted molar refractivity (Wildman–Crippen MR) is 59.0 cm³/mol. The van der Waals surface area contributed by atoms with E-state index in [2.05, 4.69) is 5.10 Å². The molecule has 2 rings (SSSR count). The second kappa shape index (κ2) is 3.52. The highest BCUT2D eigenvalue weighted by Crippen LogP contribution is 2.19. The number of nitrogens with zero attached hydrogens (tertiary/aromatic N) is 3. The molecule has 2 aromatic heterocycles. The lowest BCUT2D eigenvalue weighted by molar-refractivity contribution is 0.0696. The van der Waals surface area contributed by atoms with Gasteiger partial charge in [-0.1, -0.05) is 0 Å².